The normalized spacial score (nSPS) is 33.9. The first kappa shape index (κ1) is 10.0. The molecule has 0 aromatic rings. The predicted molar refractivity (Wildman–Crippen MR) is 53.9 cm³/mol. The van der Waals surface area contributed by atoms with Crippen LogP contribution in [0.5, 0.6) is 0 Å². The Morgan fingerprint density at radius 1 is 1.62 bits per heavy atom. The molecule has 1 nitrogen and oxygen atoms in total. The largest absolute Gasteiger partial charge is 0.387 e. The van der Waals surface area contributed by atoms with Gasteiger partial charge in [-0.15, -0.1) is 0 Å². The van der Waals surface area contributed by atoms with Crippen molar-refractivity contribution >= 4 is 0 Å². The summed E-state index contributed by atoms with van der Waals surface area (Å²) in [5, 5.41) is 3.13. The van der Waals surface area contributed by atoms with Gasteiger partial charge in [-0.2, -0.15) is 0 Å². The summed E-state index contributed by atoms with van der Waals surface area (Å²) in [5.74, 6) is 0.0378. The topological polar surface area (TPSA) is 12.0 Å². The highest BCUT2D eigenvalue weighted by Gasteiger charge is 2.05. The Hall–Kier alpha value is -1.05. The Bertz CT molecular complexity index is 251. The summed E-state index contributed by atoms with van der Waals surface area (Å²) in [7, 11) is 0. The molecule has 1 N–H and O–H groups in total. The lowest BCUT2D eigenvalue weighted by molar-refractivity contribution is 0.645. The third kappa shape index (κ3) is 3.05. The number of rotatable bonds is 1. The summed E-state index contributed by atoms with van der Waals surface area (Å²) in [6, 6.07) is 0. The van der Waals surface area contributed by atoms with E-state index in [2.05, 4.69) is 12.2 Å². The molecule has 0 bridgehead atoms. The molecule has 1 unspecified atom stereocenters. The van der Waals surface area contributed by atoms with Crippen LogP contribution in [0.1, 0.15) is 20.3 Å². The Labute approximate surface area is 79.0 Å². The maximum Gasteiger partial charge on any atom is 0.119 e. The number of hydrogen-bond acceptors (Lipinski definition) is 1. The van der Waals surface area contributed by atoms with E-state index in [0.717, 1.165) is 6.42 Å². The van der Waals surface area contributed by atoms with Gasteiger partial charge >= 0.3 is 0 Å². The number of halogens is 1. The standard InChI is InChI=1S/C11H16FN/c1-3-10-8-13-6-4-5-11(12)7-9(10)2/h4-5,7-9,13H,3,6H2,1-2H3/b5-4-,10-8-,11-7+. The van der Waals surface area contributed by atoms with Gasteiger partial charge in [0.2, 0.25) is 0 Å². The van der Waals surface area contributed by atoms with Gasteiger partial charge < -0.3 is 5.32 Å². The second-order valence-corrected chi connectivity index (χ2v) is 3.22. The summed E-state index contributed by atoms with van der Waals surface area (Å²) in [5.41, 5.74) is 1.24. The minimum absolute atomic E-state index is 0.143. The van der Waals surface area contributed by atoms with Gasteiger partial charge in [-0.25, -0.2) is 4.39 Å². The second kappa shape index (κ2) is 4.85. The lowest BCUT2D eigenvalue weighted by Gasteiger charge is -2.09. The maximum atomic E-state index is 13.1. The molecule has 0 saturated carbocycles. The molecule has 0 amide bonds. The molecule has 72 valence electrons. The van der Waals surface area contributed by atoms with Crippen molar-refractivity contribution in [2.24, 2.45) is 5.92 Å². The Morgan fingerprint density at radius 2 is 2.38 bits per heavy atom. The lowest BCUT2D eigenvalue weighted by Crippen LogP contribution is -2.07. The smallest absolute Gasteiger partial charge is 0.119 e. The number of allylic oxidation sites excluding steroid dienone is 4. The van der Waals surface area contributed by atoms with Gasteiger partial charge in [-0.1, -0.05) is 19.9 Å². The summed E-state index contributed by atoms with van der Waals surface area (Å²) in [6.45, 7) is 4.79. The first-order valence-electron chi connectivity index (χ1n) is 4.70. The Morgan fingerprint density at radius 3 is 3.08 bits per heavy atom. The van der Waals surface area contributed by atoms with Gasteiger partial charge in [-0.05, 0) is 36.3 Å². The molecule has 1 aliphatic rings. The fourth-order valence-electron chi connectivity index (χ4n) is 1.39. The molecule has 0 aromatic carbocycles. The Kier molecular flexibility index (Phi) is 3.74. The van der Waals surface area contributed by atoms with E-state index < -0.39 is 0 Å². The molecule has 13 heavy (non-hydrogen) atoms. The molecule has 0 saturated heterocycles. The molecule has 2 heteroatoms. The zero-order valence-corrected chi connectivity index (χ0v) is 8.18. The molecular formula is C11H16FN. The van der Waals surface area contributed by atoms with Crippen LogP contribution in [0, 0.1) is 5.92 Å². The van der Waals surface area contributed by atoms with Gasteiger partial charge in [0, 0.05) is 6.54 Å². The van der Waals surface area contributed by atoms with Crippen LogP contribution in [-0.4, -0.2) is 6.54 Å². The monoisotopic (exact) mass is 181 g/mol. The van der Waals surface area contributed by atoms with E-state index in [-0.39, 0.29) is 11.7 Å². The Balaban J connectivity index is 2.83. The van der Waals surface area contributed by atoms with Crippen molar-refractivity contribution in [2.45, 2.75) is 20.3 Å². The van der Waals surface area contributed by atoms with Gasteiger partial charge in [0.1, 0.15) is 5.83 Å². The van der Waals surface area contributed by atoms with Gasteiger partial charge in [0.15, 0.2) is 0 Å². The van der Waals surface area contributed by atoms with Gasteiger partial charge in [0.05, 0.1) is 0 Å². The quantitative estimate of drug-likeness (QED) is 0.655. The van der Waals surface area contributed by atoms with E-state index >= 15 is 0 Å². The van der Waals surface area contributed by atoms with Crippen molar-refractivity contribution in [2.75, 3.05) is 6.54 Å². The zero-order chi connectivity index (χ0) is 9.68. The van der Waals surface area contributed by atoms with E-state index in [4.69, 9.17) is 0 Å². The molecule has 0 aromatic heterocycles. The fraction of sp³-hybridized carbons (Fsp3) is 0.455. The molecular weight excluding hydrogens is 165 g/mol. The van der Waals surface area contributed by atoms with E-state index in [0.29, 0.717) is 6.54 Å². The number of nitrogens with one attached hydrogen (secondary N) is 1. The second-order valence-electron chi connectivity index (χ2n) is 3.22. The third-order valence-electron chi connectivity index (χ3n) is 2.20. The van der Waals surface area contributed by atoms with Crippen molar-refractivity contribution in [1.29, 1.82) is 0 Å². The summed E-state index contributed by atoms with van der Waals surface area (Å²) < 4.78 is 13.1. The summed E-state index contributed by atoms with van der Waals surface area (Å²) >= 11 is 0. The molecule has 0 radical (unpaired) electrons. The van der Waals surface area contributed by atoms with Crippen LogP contribution in [0.25, 0.3) is 0 Å². The van der Waals surface area contributed by atoms with Crippen LogP contribution in [0.2, 0.25) is 0 Å². The highest BCUT2D eigenvalue weighted by Crippen LogP contribution is 2.18. The van der Waals surface area contributed by atoms with Crippen molar-refractivity contribution in [3.8, 4) is 0 Å². The van der Waals surface area contributed by atoms with E-state index in [1.54, 1.807) is 12.2 Å². The first-order valence-corrected chi connectivity index (χ1v) is 4.70. The van der Waals surface area contributed by atoms with Crippen LogP contribution in [0.4, 0.5) is 4.39 Å². The minimum Gasteiger partial charge on any atom is -0.387 e. The molecule has 0 spiro atoms. The highest BCUT2D eigenvalue weighted by molar-refractivity contribution is 5.20. The molecule has 1 aliphatic heterocycles. The van der Waals surface area contributed by atoms with Crippen LogP contribution >= 0.6 is 0 Å². The predicted octanol–water partition coefficient (Wildman–Crippen LogP) is 2.93. The first-order chi connectivity index (χ1) is 6.24. The SMILES string of the molecule is CC/C1=C/NC/C=C\C(F)=C/C1C. The van der Waals surface area contributed by atoms with Crippen LogP contribution in [0.15, 0.2) is 35.8 Å². The number of hydrogen-bond donors (Lipinski definition) is 1. The summed E-state index contributed by atoms with van der Waals surface area (Å²) in [4.78, 5) is 0. The minimum atomic E-state index is -0.143. The average molecular weight is 181 g/mol. The highest BCUT2D eigenvalue weighted by atomic mass is 19.1. The molecule has 1 atom stereocenters. The summed E-state index contributed by atoms with van der Waals surface area (Å²) in [6.07, 6.45) is 7.89. The third-order valence-corrected chi connectivity index (χ3v) is 2.20. The van der Waals surface area contributed by atoms with Crippen molar-refractivity contribution in [3.63, 3.8) is 0 Å². The van der Waals surface area contributed by atoms with E-state index in [1.807, 2.05) is 13.1 Å². The molecule has 0 aliphatic carbocycles. The average Bonchev–Trinajstić information content (AvgIpc) is 2.16. The molecule has 1 heterocycles. The van der Waals surface area contributed by atoms with E-state index in [9.17, 15) is 4.39 Å². The fourth-order valence-corrected chi connectivity index (χ4v) is 1.39. The molecule has 0 fully saturated rings. The zero-order valence-electron chi connectivity index (χ0n) is 8.18. The lowest BCUT2D eigenvalue weighted by atomic mass is 9.99. The van der Waals surface area contributed by atoms with Crippen LogP contribution in [0.3, 0.4) is 0 Å². The van der Waals surface area contributed by atoms with Crippen molar-refractivity contribution < 1.29 is 4.39 Å². The van der Waals surface area contributed by atoms with Crippen molar-refractivity contribution in [1.82, 2.24) is 5.32 Å². The van der Waals surface area contributed by atoms with Gasteiger partial charge in [-0.3, -0.25) is 0 Å². The maximum absolute atomic E-state index is 13.1. The van der Waals surface area contributed by atoms with Crippen molar-refractivity contribution in [3.05, 3.63) is 35.8 Å². The van der Waals surface area contributed by atoms with Crippen LogP contribution < -0.4 is 5.32 Å². The van der Waals surface area contributed by atoms with Gasteiger partial charge in [0.25, 0.3) is 0 Å². The van der Waals surface area contributed by atoms with E-state index in [1.165, 1.54) is 11.6 Å². The van der Waals surface area contributed by atoms with Crippen LogP contribution in [-0.2, 0) is 0 Å². The molecule has 1 rings (SSSR count).